The van der Waals surface area contributed by atoms with Crippen molar-refractivity contribution in [1.82, 2.24) is 0 Å². The van der Waals surface area contributed by atoms with Gasteiger partial charge >= 0.3 is 5.97 Å². The maximum atomic E-state index is 11.1. The third-order valence-electron chi connectivity index (χ3n) is 2.03. The van der Waals surface area contributed by atoms with Crippen LogP contribution in [0, 0.1) is 0 Å². The highest BCUT2D eigenvalue weighted by Gasteiger charge is 2.01. The summed E-state index contributed by atoms with van der Waals surface area (Å²) in [6.07, 6.45) is 2.16. The highest BCUT2D eigenvalue weighted by atomic mass is 16.7. The first-order valence-electron chi connectivity index (χ1n) is 5.01. The maximum Gasteiger partial charge on any atom is 0.307 e. The van der Waals surface area contributed by atoms with Gasteiger partial charge in [0.1, 0.15) is 0 Å². The zero-order valence-electron chi connectivity index (χ0n) is 8.94. The minimum absolute atomic E-state index is 0.0458. The predicted molar refractivity (Wildman–Crippen MR) is 57.3 cm³/mol. The van der Waals surface area contributed by atoms with E-state index in [0.29, 0.717) is 6.42 Å². The quantitative estimate of drug-likeness (QED) is 0.531. The molecule has 3 heteroatoms. The molecule has 0 aliphatic carbocycles. The van der Waals surface area contributed by atoms with E-state index >= 15 is 0 Å². The first kappa shape index (κ1) is 11.7. The number of hydrogen-bond donors (Lipinski definition) is 0. The molecule has 0 bridgehead atoms. The maximum absolute atomic E-state index is 11.1. The molecule has 0 amide bonds. The Morgan fingerprint density at radius 1 is 1.27 bits per heavy atom. The van der Waals surface area contributed by atoms with Gasteiger partial charge in [-0.05, 0) is 18.4 Å². The molecular weight excluding hydrogens is 192 g/mol. The van der Waals surface area contributed by atoms with E-state index in [9.17, 15) is 4.79 Å². The van der Waals surface area contributed by atoms with Gasteiger partial charge in [-0.25, -0.2) is 0 Å². The number of benzene rings is 1. The van der Waals surface area contributed by atoms with E-state index in [1.54, 1.807) is 0 Å². The number of aryl methyl sites for hydroxylation is 1. The molecule has 82 valence electrons. The van der Waals surface area contributed by atoms with Gasteiger partial charge in [0.15, 0.2) is 6.79 Å². The number of methoxy groups -OCH3 is 1. The number of carbonyl (C=O) groups is 1. The third kappa shape index (κ3) is 5.18. The van der Waals surface area contributed by atoms with Crippen molar-refractivity contribution >= 4 is 5.97 Å². The minimum Gasteiger partial charge on any atom is -0.438 e. The SMILES string of the molecule is COCOC(=O)CCCc1ccccc1. The monoisotopic (exact) mass is 208 g/mol. The van der Waals surface area contributed by atoms with E-state index in [4.69, 9.17) is 4.74 Å². The highest BCUT2D eigenvalue weighted by Crippen LogP contribution is 2.04. The van der Waals surface area contributed by atoms with Crippen LogP contribution < -0.4 is 0 Å². The summed E-state index contributed by atoms with van der Waals surface area (Å²) in [4.78, 5) is 11.1. The van der Waals surface area contributed by atoms with E-state index in [0.717, 1.165) is 12.8 Å². The van der Waals surface area contributed by atoms with Crippen molar-refractivity contribution in [3.63, 3.8) is 0 Å². The molecule has 0 aliphatic rings. The van der Waals surface area contributed by atoms with Crippen molar-refractivity contribution in [3.05, 3.63) is 35.9 Å². The van der Waals surface area contributed by atoms with E-state index in [2.05, 4.69) is 16.9 Å². The fraction of sp³-hybridized carbons (Fsp3) is 0.417. The lowest BCUT2D eigenvalue weighted by Crippen LogP contribution is -2.06. The molecule has 0 radical (unpaired) electrons. The van der Waals surface area contributed by atoms with Crippen molar-refractivity contribution in [1.29, 1.82) is 0 Å². The summed E-state index contributed by atoms with van der Waals surface area (Å²) >= 11 is 0. The summed E-state index contributed by atoms with van der Waals surface area (Å²) in [5, 5.41) is 0. The van der Waals surface area contributed by atoms with Crippen LogP contribution in [0.5, 0.6) is 0 Å². The van der Waals surface area contributed by atoms with Crippen LogP contribution >= 0.6 is 0 Å². The summed E-state index contributed by atoms with van der Waals surface area (Å²) in [6.45, 7) is 0.0458. The van der Waals surface area contributed by atoms with Gasteiger partial charge in [0.05, 0.1) is 0 Å². The molecule has 0 spiro atoms. The van der Waals surface area contributed by atoms with Crippen molar-refractivity contribution in [3.8, 4) is 0 Å². The molecule has 0 heterocycles. The molecular formula is C12H16O3. The zero-order valence-corrected chi connectivity index (χ0v) is 8.94. The van der Waals surface area contributed by atoms with E-state index in [-0.39, 0.29) is 12.8 Å². The van der Waals surface area contributed by atoms with Crippen LogP contribution in [0.15, 0.2) is 30.3 Å². The van der Waals surface area contributed by atoms with Gasteiger partial charge in [-0.3, -0.25) is 4.79 Å². The lowest BCUT2D eigenvalue weighted by atomic mass is 10.1. The van der Waals surface area contributed by atoms with Crippen molar-refractivity contribution in [2.45, 2.75) is 19.3 Å². The van der Waals surface area contributed by atoms with Gasteiger partial charge in [0, 0.05) is 13.5 Å². The summed E-state index contributed by atoms with van der Waals surface area (Å²) in [5.74, 6) is -0.201. The van der Waals surface area contributed by atoms with Crippen molar-refractivity contribution < 1.29 is 14.3 Å². The smallest absolute Gasteiger partial charge is 0.307 e. The molecule has 1 aromatic rings. The summed E-state index contributed by atoms with van der Waals surface area (Å²) in [6, 6.07) is 10.1. The van der Waals surface area contributed by atoms with Crippen LogP contribution in [0.3, 0.4) is 0 Å². The van der Waals surface area contributed by atoms with Gasteiger partial charge < -0.3 is 9.47 Å². The van der Waals surface area contributed by atoms with Gasteiger partial charge in [0.2, 0.25) is 0 Å². The Hall–Kier alpha value is -1.35. The largest absolute Gasteiger partial charge is 0.438 e. The van der Waals surface area contributed by atoms with Gasteiger partial charge in [0.25, 0.3) is 0 Å². The number of carbonyl (C=O) groups excluding carboxylic acids is 1. The molecule has 1 rings (SSSR count). The Bertz CT molecular complexity index is 282. The van der Waals surface area contributed by atoms with Crippen LogP contribution in [0.1, 0.15) is 18.4 Å². The summed E-state index contributed by atoms with van der Waals surface area (Å²) in [7, 11) is 1.50. The van der Waals surface area contributed by atoms with E-state index < -0.39 is 0 Å². The first-order valence-corrected chi connectivity index (χ1v) is 5.01. The fourth-order valence-corrected chi connectivity index (χ4v) is 1.28. The standard InChI is InChI=1S/C12H16O3/c1-14-10-15-12(13)9-5-8-11-6-3-2-4-7-11/h2-4,6-7H,5,8-10H2,1H3. The molecule has 0 saturated heterocycles. The third-order valence-corrected chi connectivity index (χ3v) is 2.03. The molecule has 0 fully saturated rings. The van der Waals surface area contributed by atoms with Crippen LogP contribution in [0.4, 0.5) is 0 Å². The van der Waals surface area contributed by atoms with Gasteiger partial charge in [-0.2, -0.15) is 0 Å². The Morgan fingerprint density at radius 2 is 2.00 bits per heavy atom. The van der Waals surface area contributed by atoms with Gasteiger partial charge in [-0.1, -0.05) is 30.3 Å². The lowest BCUT2D eigenvalue weighted by molar-refractivity contribution is -0.154. The summed E-state index contributed by atoms with van der Waals surface area (Å²) in [5.41, 5.74) is 1.25. The van der Waals surface area contributed by atoms with Crippen LogP contribution in [0.25, 0.3) is 0 Å². The molecule has 0 aromatic heterocycles. The van der Waals surface area contributed by atoms with Crippen molar-refractivity contribution in [2.24, 2.45) is 0 Å². The molecule has 0 atom stereocenters. The predicted octanol–water partition coefficient (Wildman–Crippen LogP) is 2.16. The molecule has 15 heavy (non-hydrogen) atoms. The first-order chi connectivity index (χ1) is 7.33. The average molecular weight is 208 g/mol. The zero-order chi connectivity index (χ0) is 10.9. The molecule has 0 saturated carbocycles. The molecule has 3 nitrogen and oxygen atoms in total. The second-order valence-corrected chi connectivity index (χ2v) is 3.26. The fourth-order valence-electron chi connectivity index (χ4n) is 1.28. The topological polar surface area (TPSA) is 35.5 Å². The van der Waals surface area contributed by atoms with Gasteiger partial charge in [-0.15, -0.1) is 0 Å². The Labute approximate surface area is 90.0 Å². The molecule has 0 aliphatic heterocycles. The second kappa shape index (κ2) is 7.01. The lowest BCUT2D eigenvalue weighted by Gasteiger charge is -2.03. The minimum atomic E-state index is -0.201. The summed E-state index contributed by atoms with van der Waals surface area (Å²) < 4.78 is 9.40. The second-order valence-electron chi connectivity index (χ2n) is 3.26. The Morgan fingerprint density at radius 3 is 2.67 bits per heavy atom. The van der Waals surface area contributed by atoms with E-state index in [1.807, 2.05) is 18.2 Å². The average Bonchev–Trinajstić information content (AvgIpc) is 2.28. The van der Waals surface area contributed by atoms with Crippen LogP contribution in [0.2, 0.25) is 0 Å². The Kier molecular flexibility index (Phi) is 5.48. The van der Waals surface area contributed by atoms with E-state index in [1.165, 1.54) is 12.7 Å². The number of hydrogen-bond acceptors (Lipinski definition) is 3. The number of rotatable bonds is 6. The van der Waals surface area contributed by atoms with Crippen LogP contribution in [-0.2, 0) is 20.7 Å². The highest BCUT2D eigenvalue weighted by molar-refractivity contribution is 5.69. The molecule has 0 unspecified atom stereocenters. The normalized spacial score (nSPS) is 9.93. The number of esters is 1. The van der Waals surface area contributed by atoms with Crippen LogP contribution in [-0.4, -0.2) is 19.9 Å². The Balaban J connectivity index is 2.14. The van der Waals surface area contributed by atoms with Crippen molar-refractivity contribution in [2.75, 3.05) is 13.9 Å². The number of ether oxygens (including phenoxy) is 2. The molecule has 1 aromatic carbocycles. The molecule has 0 N–H and O–H groups in total.